The minimum atomic E-state index is -0.240. The van der Waals surface area contributed by atoms with Gasteiger partial charge in [-0.1, -0.05) is 18.4 Å². The first-order valence-electron chi connectivity index (χ1n) is 6.82. The van der Waals surface area contributed by atoms with E-state index in [2.05, 4.69) is 22.5 Å². The number of nitrogens with zero attached hydrogens (tertiary/aromatic N) is 1. The highest BCUT2D eigenvalue weighted by Gasteiger charge is 2.16. The lowest BCUT2D eigenvalue weighted by molar-refractivity contribution is 0.255. The molecule has 0 spiro atoms. The van der Waals surface area contributed by atoms with Crippen LogP contribution >= 0.6 is 0 Å². The number of hydrogen-bond acceptors (Lipinski definition) is 2. The molecule has 1 heterocycles. The van der Waals surface area contributed by atoms with Crippen LogP contribution in [0.3, 0.4) is 0 Å². The molecule has 0 atom stereocenters. The monoisotopic (exact) mass is 259 g/mol. The number of aryl methyl sites for hydroxylation is 1. The molecule has 0 aliphatic heterocycles. The van der Waals surface area contributed by atoms with Gasteiger partial charge in [0.25, 0.3) is 0 Å². The third-order valence-corrected chi connectivity index (χ3v) is 3.59. The number of rotatable bonds is 3. The molecule has 4 nitrogen and oxygen atoms in total. The number of carbonyl (C=O) groups is 1. The number of carbonyl (C=O) groups excluding carboxylic acids is 1. The van der Waals surface area contributed by atoms with Gasteiger partial charge in [0.1, 0.15) is 5.82 Å². The molecule has 1 aliphatic rings. The smallest absolute Gasteiger partial charge is 0.314 e. The summed E-state index contributed by atoms with van der Waals surface area (Å²) in [5.74, 6) is 1.21. The first-order valence-corrected chi connectivity index (χ1v) is 6.82. The molecule has 4 heteroatoms. The Morgan fingerprint density at radius 1 is 1.42 bits per heavy atom. The van der Waals surface area contributed by atoms with E-state index in [4.69, 9.17) is 0 Å². The first kappa shape index (κ1) is 13.6. The minimum absolute atomic E-state index is 0.240. The van der Waals surface area contributed by atoms with Gasteiger partial charge in [-0.2, -0.15) is 0 Å². The van der Waals surface area contributed by atoms with Crippen molar-refractivity contribution in [2.75, 3.05) is 5.32 Å². The fourth-order valence-corrected chi connectivity index (χ4v) is 2.44. The first-order chi connectivity index (χ1) is 9.15. The number of urea groups is 1. The summed E-state index contributed by atoms with van der Waals surface area (Å²) in [7, 11) is 0. The maximum atomic E-state index is 11.7. The van der Waals surface area contributed by atoms with Crippen molar-refractivity contribution in [3.05, 3.63) is 35.7 Å². The van der Waals surface area contributed by atoms with Crippen LogP contribution in [0.2, 0.25) is 0 Å². The fraction of sp³-hybridized carbons (Fsp3) is 0.467. The van der Waals surface area contributed by atoms with E-state index in [1.165, 1.54) is 31.3 Å². The van der Waals surface area contributed by atoms with E-state index in [0.29, 0.717) is 11.7 Å². The van der Waals surface area contributed by atoms with Crippen LogP contribution in [0.5, 0.6) is 0 Å². The number of hydrogen-bond donors (Lipinski definition) is 2. The molecule has 2 N–H and O–H groups in total. The highest BCUT2D eigenvalue weighted by Crippen LogP contribution is 2.30. The topological polar surface area (TPSA) is 54.0 Å². The second kappa shape index (κ2) is 6.36. The zero-order valence-corrected chi connectivity index (χ0v) is 11.6. The molecule has 1 saturated carbocycles. The summed E-state index contributed by atoms with van der Waals surface area (Å²) in [5, 5.41) is 5.50. The van der Waals surface area contributed by atoms with Crippen LogP contribution in [0.4, 0.5) is 10.6 Å². The zero-order chi connectivity index (χ0) is 13.7. The lowest BCUT2D eigenvalue weighted by Gasteiger charge is -2.10. The van der Waals surface area contributed by atoms with Crippen LogP contribution in [-0.2, 0) is 0 Å². The van der Waals surface area contributed by atoms with E-state index in [1.54, 1.807) is 6.20 Å². The van der Waals surface area contributed by atoms with Crippen molar-refractivity contribution in [3.63, 3.8) is 0 Å². The van der Waals surface area contributed by atoms with Crippen LogP contribution in [0, 0.1) is 12.8 Å². The fourth-order valence-electron chi connectivity index (χ4n) is 2.44. The lowest BCUT2D eigenvalue weighted by atomic mass is 10.0. The Hall–Kier alpha value is -1.84. The Kier molecular flexibility index (Phi) is 4.55. The predicted molar refractivity (Wildman–Crippen MR) is 76.8 cm³/mol. The molecule has 0 bridgehead atoms. The maximum absolute atomic E-state index is 11.7. The minimum Gasteiger partial charge on any atom is -0.314 e. The summed E-state index contributed by atoms with van der Waals surface area (Å²) in [5.41, 5.74) is 2.33. The second-order valence-electron chi connectivity index (χ2n) is 5.19. The molecule has 1 aliphatic carbocycles. The molecule has 0 radical (unpaired) electrons. The van der Waals surface area contributed by atoms with E-state index >= 15 is 0 Å². The van der Waals surface area contributed by atoms with Crippen molar-refractivity contribution in [2.45, 2.75) is 39.5 Å². The average Bonchev–Trinajstić information content (AvgIpc) is 2.90. The summed E-state index contributed by atoms with van der Waals surface area (Å²) in [6.07, 6.45) is 8.59. The summed E-state index contributed by atoms with van der Waals surface area (Å²) in [6.45, 7) is 4.05. The van der Waals surface area contributed by atoms with E-state index < -0.39 is 0 Å². The van der Waals surface area contributed by atoms with Crippen molar-refractivity contribution in [2.24, 2.45) is 5.92 Å². The number of allylic oxidation sites excluding steroid dienone is 1. The molecule has 19 heavy (non-hydrogen) atoms. The standard InChI is InChI=1S/C15H21N3O/c1-11-7-8-16-14(9-11)18-15(19)17-10-12(2)13-5-3-4-6-13/h7-10,13H,3-6H2,1-2H3,(H2,16,17,18,19)/b12-10+. The van der Waals surface area contributed by atoms with E-state index in [0.717, 1.165) is 5.56 Å². The summed E-state index contributed by atoms with van der Waals surface area (Å²) in [4.78, 5) is 15.8. The number of anilines is 1. The quantitative estimate of drug-likeness (QED) is 0.871. The van der Waals surface area contributed by atoms with Gasteiger partial charge in [0.15, 0.2) is 0 Å². The molecule has 102 valence electrons. The van der Waals surface area contributed by atoms with Crippen LogP contribution in [-0.4, -0.2) is 11.0 Å². The zero-order valence-electron chi connectivity index (χ0n) is 11.6. The molecular weight excluding hydrogens is 238 g/mol. The van der Waals surface area contributed by atoms with Crippen LogP contribution in [0.1, 0.15) is 38.2 Å². The Morgan fingerprint density at radius 2 is 2.16 bits per heavy atom. The summed E-state index contributed by atoms with van der Waals surface area (Å²) < 4.78 is 0. The molecule has 0 unspecified atom stereocenters. The summed E-state index contributed by atoms with van der Waals surface area (Å²) in [6, 6.07) is 3.50. The van der Waals surface area contributed by atoms with Gasteiger partial charge >= 0.3 is 6.03 Å². The van der Waals surface area contributed by atoms with Gasteiger partial charge in [-0.05, 0) is 50.3 Å². The Morgan fingerprint density at radius 3 is 2.84 bits per heavy atom. The molecule has 2 rings (SSSR count). The molecule has 0 aromatic carbocycles. The second-order valence-corrected chi connectivity index (χ2v) is 5.19. The van der Waals surface area contributed by atoms with Gasteiger partial charge in [-0.15, -0.1) is 0 Å². The summed E-state index contributed by atoms with van der Waals surface area (Å²) >= 11 is 0. The van der Waals surface area contributed by atoms with Gasteiger partial charge in [0.05, 0.1) is 0 Å². The van der Waals surface area contributed by atoms with Gasteiger partial charge in [0, 0.05) is 12.4 Å². The molecule has 1 fully saturated rings. The molecule has 1 aromatic rings. The normalized spacial score (nSPS) is 16.4. The predicted octanol–water partition coefficient (Wildman–Crippen LogP) is 3.61. The van der Waals surface area contributed by atoms with Gasteiger partial charge in [-0.3, -0.25) is 5.32 Å². The van der Waals surface area contributed by atoms with Crippen molar-refractivity contribution >= 4 is 11.8 Å². The van der Waals surface area contributed by atoms with Crippen LogP contribution in [0.25, 0.3) is 0 Å². The van der Waals surface area contributed by atoms with E-state index in [-0.39, 0.29) is 6.03 Å². The SMILES string of the molecule is C/C(=C\NC(=O)Nc1cc(C)ccn1)C1CCCC1. The Bertz CT molecular complexity index is 476. The lowest BCUT2D eigenvalue weighted by Crippen LogP contribution is -2.25. The highest BCUT2D eigenvalue weighted by atomic mass is 16.2. The Labute approximate surface area is 114 Å². The molecule has 0 saturated heterocycles. The van der Waals surface area contributed by atoms with Crippen LogP contribution < -0.4 is 10.6 Å². The highest BCUT2D eigenvalue weighted by molar-refractivity contribution is 5.88. The van der Waals surface area contributed by atoms with Gasteiger partial charge < -0.3 is 5.32 Å². The van der Waals surface area contributed by atoms with E-state index in [9.17, 15) is 4.79 Å². The van der Waals surface area contributed by atoms with Gasteiger partial charge in [0.2, 0.25) is 0 Å². The average molecular weight is 259 g/mol. The number of pyridine rings is 1. The van der Waals surface area contributed by atoms with E-state index in [1.807, 2.05) is 25.3 Å². The maximum Gasteiger partial charge on any atom is 0.324 e. The largest absolute Gasteiger partial charge is 0.324 e. The van der Waals surface area contributed by atoms with Crippen molar-refractivity contribution < 1.29 is 4.79 Å². The van der Waals surface area contributed by atoms with Crippen molar-refractivity contribution in [1.29, 1.82) is 0 Å². The number of aromatic nitrogens is 1. The Balaban J connectivity index is 1.85. The third kappa shape index (κ3) is 4.09. The van der Waals surface area contributed by atoms with Crippen molar-refractivity contribution in [3.8, 4) is 0 Å². The number of amides is 2. The van der Waals surface area contributed by atoms with Gasteiger partial charge in [-0.25, -0.2) is 9.78 Å². The van der Waals surface area contributed by atoms with Crippen molar-refractivity contribution in [1.82, 2.24) is 10.3 Å². The molecule has 2 amide bonds. The molecular formula is C15H21N3O. The third-order valence-electron chi connectivity index (χ3n) is 3.59. The molecule has 1 aromatic heterocycles. The number of nitrogens with one attached hydrogen (secondary N) is 2. The van der Waals surface area contributed by atoms with Crippen LogP contribution in [0.15, 0.2) is 30.1 Å².